The molecule has 0 spiro atoms. The summed E-state index contributed by atoms with van der Waals surface area (Å²) < 4.78 is 0. The molecule has 3 heteroatoms. The Morgan fingerprint density at radius 1 is 1.80 bits per heavy atom. The summed E-state index contributed by atoms with van der Waals surface area (Å²) in [6.45, 7) is 1.71. The third-order valence-electron chi connectivity index (χ3n) is 0.173. The molecule has 0 aliphatic heterocycles. The second-order valence-electron chi connectivity index (χ2n) is 0.474. The SMILES string of the molecule is C/C=N\N=N. The van der Waals surface area contributed by atoms with E-state index in [4.69, 9.17) is 5.53 Å². The molecule has 0 unspecified atom stereocenters. The van der Waals surface area contributed by atoms with Crippen molar-refractivity contribution in [3.8, 4) is 0 Å². The van der Waals surface area contributed by atoms with Gasteiger partial charge in [-0.3, -0.25) is 0 Å². The van der Waals surface area contributed by atoms with Crippen LogP contribution in [0.15, 0.2) is 10.3 Å². The zero-order chi connectivity index (χ0) is 4.12. The van der Waals surface area contributed by atoms with Gasteiger partial charge in [-0.05, 0) is 6.92 Å². The maximum absolute atomic E-state index is 6.03. The van der Waals surface area contributed by atoms with E-state index in [1.54, 1.807) is 6.92 Å². The van der Waals surface area contributed by atoms with E-state index in [0.717, 1.165) is 0 Å². The van der Waals surface area contributed by atoms with Gasteiger partial charge in [-0.2, -0.15) is 5.53 Å². The summed E-state index contributed by atoms with van der Waals surface area (Å²) in [6, 6.07) is 0. The van der Waals surface area contributed by atoms with Gasteiger partial charge in [0.15, 0.2) is 0 Å². The lowest BCUT2D eigenvalue weighted by Crippen LogP contribution is -1.46. The Kier molecular flexibility index (Phi) is 2.79. The molecule has 0 aliphatic carbocycles. The zero-order valence-electron chi connectivity index (χ0n) is 2.97. The fraction of sp³-hybridized carbons (Fsp3) is 0.500. The number of nitrogens with zero attached hydrogens (tertiary/aromatic N) is 2. The number of hydrogen-bond acceptors (Lipinski definition) is 2. The van der Waals surface area contributed by atoms with Gasteiger partial charge >= 0.3 is 0 Å². The monoisotopic (exact) mass is 71.0 g/mol. The molecule has 0 saturated heterocycles. The summed E-state index contributed by atoms with van der Waals surface area (Å²) in [5.74, 6) is 0. The number of nitrogens with one attached hydrogen (secondary N) is 1. The van der Waals surface area contributed by atoms with Crippen molar-refractivity contribution in [2.45, 2.75) is 6.92 Å². The number of rotatable bonds is 1. The molecule has 0 bridgehead atoms. The smallest absolute Gasteiger partial charge is 0.0257 e. The van der Waals surface area contributed by atoms with Gasteiger partial charge in [0.05, 0.1) is 0 Å². The molecule has 0 aliphatic rings. The second kappa shape index (κ2) is 3.27. The fourth-order valence-corrected chi connectivity index (χ4v) is 0.0577. The molecule has 28 valence electrons. The standard InChI is InChI=1S/C2H5N3/c1-2-4-5-3/h2-3H,1H3/b4-2-,5-3?. The van der Waals surface area contributed by atoms with Gasteiger partial charge < -0.3 is 0 Å². The summed E-state index contributed by atoms with van der Waals surface area (Å²) in [6.07, 6.45) is 1.45. The van der Waals surface area contributed by atoms with Crippen LogP contribution in [0.4, 0.5) is 0 Å². The van der Waals surface area contributed by atoms with Crippen LogP contribution in [0.25, 0.3) is 0 Å². The third kappa shape index (κ3) is 3.27. The molecule has 0 aromatic heterocycles. The first-order valence-corrected chi connectivity index (χ1v) is 1.26. The molecule has 0 fully saturated rings. The maximum Gasteiger partial charge on any atom is 0.0257 e. The van der Waals surface area contributed by atoms with Gasteiger partial charge in [0.2, 0.25) is 0 Å². The summed E-state index contributed by atoms with van der Waals surface area (Å²) in [5.41, 5.74) is 6.03. The van der Waals surface area contributed by atoms with Gasteiger partial charge in [-0.25, -0.2) is 0 Å². The van der Waals surface area contributed by atoms with Crippen LogP contribution in [-0.4, -0.2) is 6.21 Å². The van der Waals surface area contributed by atoms with E-state index in [9.17, 15) is 0 Å². The number of hydrogen-bond donors (Lipinski definition) is 1. The Balaban J connectivity index is 2.92. The highest BCUT2D eigenvalue weighted by molar-refractivity contribution is 5.52. The summed E-state index contributed by atoms with van der Waals surface area (Å²) in [5, 5.41) is 5.81. The third-order valence-corrected chi connectivity index (χ3v) is 0.173. The normalized spacial score (nSPS) is 9.00. The van der Waals surface area contributed by atoms with E-state index in [1.165, 1.54) is 6.21 Å². The Morgan fingerprint density at radius 3 is 2.40 bits per heavy atom. The minimum atomic E-state index is 1.45. The lowest BCUT2D eigenvalue weighted by Gasteiger charge is -1.56. The topological polar surface area (TPSA) is 48.6 Å². The molecule has 5 heavy (non-hydrogen) atoms. The molecule has 0 heterocycles. The molecule has 0 atom stereocenters. The van der Waals surface area contributed by atoms with Crippen LogP contribution in [0.2, 0.25) is 0 Å². The van der Waals surface area contributed by atoms with Gasteiger partial charge in [-0.15, -0.1) is 5.10 Å². The van der Waals surface area contributed by atoms with Gasteiger partial charge in [0, 0.05) is 6.21 Å². The van der Waals surface area contributed by atoms with E-state index >= 15 is 0 Å². The van der Waals surface area contributed by atoms with Crippen molar-refractivity contribution in [3.05, 3.63) is 0 Å². The molecule has 0 saturated carbocycles. The molecular weight excluding hydrogens is 66.0 g/mol. The molecule has 0 radical (unpaired) electrons. The van der Waals surface area contributed by atoms with Crippen LogP contribution in [0.1, 0.15) is 6.92 Å². The highest BCUT2D eigenvalue weighted by Gasteiger charge is 1.42. The van der Waals surface area contributed by atoms with Crippen LogP contribution in [0.3, 0.4) is 0 Å². The van der Waals surface area contributed by atoms with Crippen LogP contribution < -0.4 is 0 Å². The predicted octanol–water partition coefficient (Wildman–Crippen LogP) is 1.02. The highest BCUT2D eigenvalue weighted by Crippen LogP contribution is 1.57. The Hall–Kier alpha value is -0.730. The van der Waals surface area contributed by atoms with E-state index in [1.807, 2.05) is 0 Å². The van der Waals surface area contributed by atoms with Crippen LogP contribution in [-0.2, 0) is 0 Å². The molecule has 0 amide bonds. The van der Waals surface area contributed by atoms with Crippen molar-refractivity contribution in [2.75, 3.05) is 0 Å². The van der Waals surface area contributed by atoms with Crippen molar-refractivity contribution in [1.82, 2.24) is 0 Å². The lowest BCUT2D eigenvalue weighted by molar-refractivity contribution is 0.995. The van der Waals surface area contributed by atoms with E-state index in [0.29, 0.717) is 0 Å². The summed E-state index contributed by atoms with van der Waals surface area (Å²) >= 11 is 0. The van der Waals surface area contributed by atoms with Crippen molar-refractivity contribution >= 4 is 6.21 Å². The molecule has 0 rings (SSSR count). The average Bonchev–Trinajstić information content (AvgIpc) is 1.41. The van der Waals surface area contributed by atoms with Gasteiger partial charge in [0.1, 0.15) is 0 Å². The first kappa shape index (κ1) is 4.27. The quantitative estimate of drug-likeness (QED) is 0.272. The Labute approximate surface area is 30.2 Å². The molecular formula is C2H5N3. The Morgan fingerprint density at radius 2 is 2.40 bits per heavy atom. The van der Waals surface area contributed by atoms with Gasteiger partial charge in [-0.1, -0.05) is 5.22 Å². The highest BCUT2D eigenvalue weighted by atomic mass is 15.3. The first-order chi connectivity index (χ1) is 2.41. The van der Waals surface area contributed by atoms with Crippen molar-refractivity contribution in [1.29, 1.82) is 5.53 Å². The first-order valence-electron chi connectivity index (χ1n) is 1.26. The minimum absolute atomic E-state index is 1.45. The minimum Gasteiger partial charge on any atom is -0.185 e. The lowest BCUT2D eigenvalue weighted by atomic mass is 10.9. The van der Waals surface area contributed by atoms with Crippen LogP contribution in [0.5, 0.6) is 0 Å². The largest absolute Gasteiger partial charge is 0.185 e. The van der Waals surface area contributed by atoms with Crippen molar-refractivity contribution < 1.29 is 0 Å². The van der Waals surface area contributed by atoms with E-state index in [-0.39, 0.29) is 0 Å². The van der Waals surface area contributed by atoms with Crippen molar-refractivity contribution in [2.24, 2.45) is 10.3 Å². The van der Waals surface area contributed by atoms with Gasteiger partial charge in [0.25, 0.3) is 0 Å². The molecule has 3 nitrogen and oxygen atoms in total. The van der Waals surface area contributed by atoms with Crippen molar-refractivity contribution in [3.63, 3.8) is 0 Å². The predicted molar refractivity (Wildman–Crippen MR) is 19.3 cm³/mol. The average molecular weight is 71.1 g/mol. The summed E-state index contributed by atoms with van der Waals surface area (Å²) in [7, 11) is 0. The van der Waals surface area contributed by atoms with E-state index < -0.39 is 0 Å². The summed E-state index contributed by atoms with van der Waals surface area (Å²) in [4.78, 5) is 0. The molecule has 1 N–H and O–H groups in total. The zero-order valence-corrected chi connectivity index (χ0v) is 2.97. The molecule has 0 aromatic rings. The van der Waals surface area contributed by atoms with Crippen LogP contribution >= 0.6 is 0 Å². The maximum atomic E-state index is 6.03. The molecule has 0 aromatic carbocycles. The Bertz CT molecular complexity index is 46.9. The second-order valence-corrected chi connectivity index (χ2v) is 0.474. The van der Waals surface area contributed by atoms with E-state index in [2.05, 4.69) is 10.3 Å². The van der Waals surface area contributed by atoms with Crippen LogP contribution in [0, 0.1) is 5.53 Å². The fourth-order valence-electron chi connectivity index (χ4n) is 0.0577.